The molecule has 0 fully saturated rings. The Balaban J connectivity index is 1.99. The van der Waals surface area contributed by atoms with E-state index in [0.717, 1.165) is 5.56 Å². The van der Waals surface area contributed by atoms with E-state index in [2.05, 4.69) is 10.5 Å². The maximum atomic E-state index is 11.8. The van der Waals surface area contributed by atoms with Gasteiger partial charge >= 0.3 is 0 Å². The normalized spacial score (nSPS) is 11.1. The van der Waals surface area contributed by atoms with Gasteiger partial charge in [0.1, 0.15) is 5.75 Å². The first-order valence-electron chi connectivity index (χ1n) is 7.65. The minimum atomic E-state index is -0.444. The SMILES string of the molecule is C/C(=N\NC(=O)COc1ccccc1C)c1ccc(C)c([N+](=O)[O-])c1. The third-order valence-corrected chi connectivity index (χ3v) is 3.62. The molecule has 1 amide bonds. The summed E-state index contributed by atoms with van der Waals surface area (Å²) in [7, 11) is 0. The van der Waals surface area contributed by atoms with Crippen LogP contribution < -0.4 is 10.2 Å². The van der Waals surface area contributed by atoms with Gasteiger partial charge in [-0.25, -0.2) is 5.43 Å². The molecule has 0 atom stereocenters. The van der Waals surface area contributed by atoms with Gasteiger partial charge in [-0.05, 0) is 32.4 Å². The summed E-state index contributed by atoms with van der Waals surface area (Å²) in [4.78, 5) is 22.4. The number of hydrazone groups is 1. The maximum absolute atomic E-state index is 11.8. The number of hydrogen-bond acceptors (Lipinski definition) is 5. The highest BCUT2D eigenvalue weighted by molar-refractivity contribution is 5.99. The molecule has 0 bridgehead atoms. The highest BCUT2D eigenvalue weighted by Gasteiger charge is 2.12. The third kappa shape index (κ3) is 4.87. The van der Waals surface area contributed by atoms with E-state index in [0.29, 0.717) is 22.6 Å². The average Bonchev–Trinajstić information content (AvgIpc) is 2.59. The number of ether oxygens (including phenoxy) is 1. The number of amides is 1. The van der Waals surface area contributed by atoms with Crippen LogP contribution in [0.5, 0.6) is 5.75 Å². The molecule has 2 aromatic rings. The molecule has 2 rings (SSSR count). The average molecular weight is 341 g/mol. The Morgan fingerprint density at radius 3 is 2.60 bits per heavy atom. The second-order valence-corrected chi connectivity index (χ2v) is 5.54. The van der Waals surface area contributed by atoms with E-state index in [1.54, 1.807) is 32.0 Å². The lowest BCUT2D eigenvalue weighted by atomic mass is 10.1. The quantitative estimate of drug-likeness (QED) is 0.496. The van der Waals surface area contributed by atoms with Crippen molar-refractivity contribution in [1.82, 2.24) is 5.43 Å². The molecule has 0 aliphatic heterocycles. The summed E-state index contributed by atoms with van der Waals surface area (Å²) in [6, 6.07) is 12.2. The Hall–Kier alpha value is -3.22. The molecule has 25 heavy (non-hydrogen) atoms. The van der Waals surface area contributed by atoms with E-state index in [4.69, 9.17) is 4.74 Å². The lowest BCUT2D eigenvalue weighted by molar-refractivity contribution is -0.385. The maximum Gasteiger partial charge on any atom is 0.277 e. The van der Waals surface area contributed by atoms with Gasteiger partial charge in [0.05, 0.1) is 10.6 Å². The largest absolute Gasteiger partial charge is 0.483 e. The number of carbonyl (C=O) groups excluding carboxylic acids is 1. The van der Waals surface area contributed by atoms with E-state index in [-0.39, 0.29) is 12.3 Å². The van der Waals surface area contributed by atoms with Crippen LogP contribution in [0.25, 0.3) is 0 Å². The number of benzene rings is 2. The first kappa shape index (κ1) is 18.1. The van der Waals surface area contributed by atoms with Crippen LogP contribution in [-0.4, -0.2) is 23.1 Å². The summed E-state index contributed by atoms with van der Waals surface area (Å²) in [6.45, 7) is 5.05. The number of nitro groups is 1. The Bertz CT molecular complexity index is 831. The third-order valence-electron chi connectivity index (χ3n) is 3.62. The van der Waals surface area contributed by atoms with E-state index in [1.807, 2.05) is 25.1 Å². The number of rotatable bonds is 6. The minimum Gasteiger partial charge on any atom is -0.483 e. The fourth-order valence-corrected chi connectivity index (χ4v) is 2.14. The van der Waals surface area contributed by atoms with Crippen LogP contribution >= 0.6 is 0 Å². The van der Waals surface area contributed by atoms with Crippen LogP contribution in [0.15, 0.2) is 47.6 Å². The lowest BCUT2D eigenvalue weighted by Gasteiger charge is -2.08. The van der Waals surface area contributed by atoms with E-state index in [1.165, 1.54) is 6.07 Å². The fourth-order valence-electron chi connectivity index (χ4n) is 2.14. The molecule has 0 aliphatic rings. The predicted octanol–water partition coefficient (Wildman–Crippen LogP) is 3.13. The molecule has 0 saturated heterocycles. The Labute approximate surface area is 145 Å². The first-order chi connectivity index (χ1) is 11.9. The molecular weight excluding hydrogens is 322 g/mol. The Morgan fingerprint density at radius 1 is 1.20 bits per heavy atom. The number of nitro benzene ring substituents is 1. The summed E-state index contributed by atoms with van der Waals surface area (Å²) >= 11 is 0. The summed E-state index contributed by atoms with van der Waals surface area (Å²) in [5, 5.41) is 15.0. The second kappa shape index (κ2) is 8.05. The van der Waals surface area contributed by atoms with E-state index < -0.39 is 10.8 Å². The van der Waals surface area contributed by atoms with Crippen LogP contribution in [0, 0.1) is 24.0 Å². The number of para-hydroxylation sites is 1. The predicted molar refractivity (Wildman–Crippen MR) is 94.9 cm³/mol. The molecule has 0 spiro atoms. The van der Waals surface area contributed by atoms with Crippen molar-refractivity contribution in [3.8, 4) is 5.75 Å². The first-order valence-corrected chi connectivity index (χ1v) is 7.65. The number of carbonyl (C=O) groups is 1. The van der Waals surface area contributed by atoms with Crippen molar-refractivity contribution >= 4 is 17.3 Å². The number of nitrogens with one attached hydrogen (secondary N) is 1. The highest BCUT2D eigenvalue weighted by Crippen LogP contribution is 2.19. The van der Waals surface area contributed by atoms with E-state index in [9.17, 15) is 14.9 Å². The Morgan fingerprint density at radius 2 is 1.92 bits per heavy atom. The summed E-state index contributed by atoms with van der Waals surface area (Å²) < 4.78 is 5.43. The van der Waals surface area contributed by atoms with Crippen molar-refractivity contribution in [2.75, 3.05) is 6.61 Å². The van der Waals surface area contributed by atoms with Gasteiger partial charge in [-0.15, -0.1) is 0 Å². The Kier molecular flexibility index (Phi) is 5.84. The van der Waals surface area contributed by atoms with E-state index >= 15 is 0 Å². The molecule has 0 unspecified atom stereocenters. The summed E-state index contributed by atoms with van der Waals surface area (Å²) in [6.07, 6.45) is 0. The monoisotopic (exact) mass is 341 g/mol. The zero-order valence-electron chi connectivity index (χ0n) is 14.3. The van der Waals surface area contributed by atoms with Crippen LogP contribution in [0.2, 0.25) is 0 Å². The molecule has 0 aliphatic carbocycles. The van der Waals surface area contributed by atoms with Gasteiger partial charge in [0.2, 0.25) is 0 Å². The van der Waals surface area contributed by atoms with Gasteiger partial charge in [-0.2, -0.15) is 5.10 Å². The molecule has 0 heterocycles. The smallest absolute Gasteiger partial charge is 0.277 e. The molecule has 1 N–H and O–H groups in total. The number of hydrogen-bond donors (Lipinski definition) is 1. The van der Waals surface area contributed by atoms with Crippen molar-refractivity contribution < 1.29 is 14.5 Å². The lowest BCUT2D eigenvalue weighted by Crippen LogP contribution is -2.25. The fraction of sp³-hybridized carbons (Fsp3) is 0.222. The van der Waals surface area contributed by atoms with Crippen molar-refractivity contribution in [2.24, 2.45) is 5.10 Å². The standard InChI is InChI=1S/C18H19N3O4/c1-12-8-9-15(10-16(12)21(23)24)14(3)19-20-18(22)11-25-17-7-5-4-6-13(17)2/h4-10H,11H2,1-3H3,(H,20,22)/b19-14+. The molecule has 0 saturated carbocycles. The minimum absolute atomic E-state index is 0.0151. The zero-order chi connectivity index (χ0) is 18.4. The molecule has 0 radical (unpaired) electrons. The van der Waals surface area contributed by atoms with Crippen LogP contribution in [-0.2, 0) is 4.79 Å². The van der Waals surface area contributed by atoms with Crippen LogP contribution in [0.3, 0.4) is 0 Å². The van der Waals surface area contributed by atoms with Gasteiger partial charge in [0.15, 0.2) is 6.61 Å². The van der Waals surface area contributed by atoms with Gasteiger partial charge in [-0.1, -0.05) is 30.3 Å². The van der Waals surface area contributed by atoms with Crippen LogP contribution in [0.1, 0.15) is 23.6 Å². The topological polar surface area (TPSA) is 93.8 Å². The molecule has 7 heteroatoms. The molecule has 2 aromatic carbocycles. The molecular formula is C18H19N3O4. The van der Waals surface area contributed by atoms with Crippen molar-refractivity contribution in [2.45, 2.75) is 20.8 Å². The van der Waals surface area contributed by atoms with Crippen molar-refractivity contribution in [1.29, 1.82) is 0 Å². The van der Waals surface area contributed by atoms with Crippen LogP contribution in [0.4, 0.5) is 5.69 Å². The summed E-state index contributed by atoms with van der Waals surface area (Å²) in [5.41, 5.74) is 4.93. The van der Waals surface area contributed by atoms with Crippen molar-refractivity contribution in [3.63, 3.8) is 0 Å². The molecule has 7 nitrogen and oxygen atoms in total. The highest BCUT2D eigenvalue weighted by atomic mass is 16.6. The zero-order valence-corrected chi connectivity index (χ0v) is 14.3. The number of aryl methyl sites for hydroxylation is 2. The van der Waals surface area contributed by atoms with Crippen molar-refractivity contribution in [3.05, 3.63) is 69.3 Å². The number of nitrogens with zero attached hydrogens (tertiary/aromatic N) is 2. The van der Waals surface area contributed by atoms with Gasteiger partial charge in [0, 0.05) is 17.2 Å². The van der Waals surface area contributed by atoms with Gasteiger partial charge in [-0.3, -0.25) is 14.9 Å². The second-order valence-electron chi connectivity index (χ2n) is 5.54. The van der Waals surface area contributed by atoms with Gasteiger partial charge in [0.25, 0.3) is 11.6 Å². The summed E-state index contributed by atoms with van der Waals surface area (Å²) in [5.74, 6) is 0.219. The van der Waals surface area contributed by atoms with Gasteiger partial charge < -0.3 is 4.74 Å². The molecule has 130 valence electrons. The molecule has 0 aromatic heterocycles.